The van der Waals surface area contributed by atoms with Crippen LogP contribution in [0.4, 0.5) is 5.69 Å². The molecular weight excluding hydrogens is 382 g/mol. The van der Waals surface area contributed by atoms with Gasteiger partial charge in [-0.25, -0.2) is 0 Å². The van der Waals surface area contributed by atoms with Crippen molar-refractivity contribution in [2.75, 3.05) is 45.8 Å². The molecule has 1 atom stereocenters. The molecule has 3 rings (SSSR count). The van der Waals surface area contributed by atoms with Crippen LogP contribution >= 0.6 is 0 Å². The molecule has 1 heterocycles. The number of amides is 2. The van der Waals surface area contributed by atoms with Gasteiger partial charge in [0.25, 0.3) is 0 Å². The number of fused-ring (bicyclic) bond motifs is 1. The van der Waals surface area contributed by atoms with Gasteiger partial charge in [-0.1, -0.05) is 24.3 Å². The Morgan fingerprint density at radius 1 is 1.13 bits per heavy atom. The molecule has 1 N–H and O–H groups in total. The number of para-hydroxylation sites is 2. The molecule has 2 aromatic carbocycles. The number of nitrogens with one attached hydrogen (secondary N) is 1. The highest BCUT2D eigenvalue weighted by Gasteiger charge is 2.23. The van der Waals surface area contributed by atoms with E-state index in [1.807, 2.05) is 62.6 Å². The second-order valence-corrected chi connectivity index (χ2v) is 7.42. The minimum Gasteiger partial charge on any atom is -0.497 e. The van der Waals surface area contributed by atoms with Gasteiger partial charge in [0.15, 0.2) is 0 Å². The Balaban J connectivity index is 1.52. The smallest absolute Gasteiger partial charge is 0.227 e. The van der Waals surface area contributed by atoms with Gasteiger partial charge in [0.05, 0.1) is 25.4 Å². The molecule has 7 nitrogen and oxygen atoms in total. The number of carbonyl (C=O) groups is 2. The van der Waals surface area contributed by atoms with Crippen molar-refractivity contribution in [3.05, 3.63) is 54.1 Å². The normalized spacial score (nSPS) is 13.9. The standard InChI is InChI=1S/C23H29N3O4/c1-25(2)20(17-8-10-18(29-3)11-9-17)16-24-22(27)12-13-23(28)26-14-15-30-21-7-5-4-6-19(21)26/h4-11,20H,12-16H2,1-3H3,(H,24,27). The van der Waals surface area contributed by atoms with Crippen LogP contribution in [0, 0.1) is 0 Å². The summed E-state index contributed by atoms with van der Waals surface area (Å²) in [5.74, 6) is 1.30. The Bertz CT molecular complexity index is 867. The average Bonchev–Trinajstić information content (AvgIpc) is 2.77. The molecule has 0 aliphatic carbocycles. The van der Waals surface area contributed by atoms with E-state index in [-0.39, 0.29) is 30.7 Å². The van der Waals surface area contributed by atoms with E-state index >= 15 is 0 Å². The predicted molar refractivity (Wildman–Crippen MR) is 116 cm³/mol. The number of methoxy groups -OCH3 is 1. The third kappa shape index (κ3) is 5.30. The molecule has 30 heavy (non-hydrogen) atoms. The Morgan fingerprint density at radius 3 is 2.57 bits per heavy atom. The molecule has 160 valence electrons. The van der Waals surface area contributed by atoms with Crippen molar-refractivity contribution in [3.63, 3.8) is 0 Å². The monoisotopic (exact) mass is 411 g/mol. The molecule has 0 bridgehead atoms. The quantitative estimate of drug-likeness (QED) is 0.723. The van der Waals surface area contributed by atoms with E-state index in [1.54, 1.807) is 12.0 Å². The fraction of sp³-hybridized carbons (Fsp3) is 0.391. The third-order valence-corrected chi connectivity index (χ3v) is 5.21. The minimum absolute atomic E-state index is 0.0293. The SMILES string of the molecule is COc1ccc(C(CNC(=O)CCC(=O)N2CCOc3ccccc32)N(C)C)cc1. The molecule has 1 unspecified atom stereocenters. The van der Waals surface area contributed by atoms with Crippen molar-refractivity contribution in [1.29, 1.82) is 0 Å². The van der Waals surface area contributed by atoms with E-state index in [0.717, 1.165) is 17.0 Å². The van der Waals surface area contributed by atoms with Gasteiger partial charge in [-0.2, -0.15) is 0 Å². The molecule has 0 saturated carbocycles. The first-order chi connectivity index (χ1) is 14.5. The van der Waals surface area contributed by atoms with Crippen LogP contribution in [0.1, 0.15) is 24.4 Å². The van der Waals surface area contributed by atoms with E-state index in [2.05, 4.69) is 10.2 Å². The second kappa shape index (κ2) is 10.1. The van der Waals surface area contributed by atoms with Crippen molar-refractivity contribution in [3.8, 4) is 11.5 Å². The zero-order valence-corrected chi connectivity index (χ0v) is 17.8. The molecule has 2 amide bonds. The van der Waals surface area contributed by atoms with Crippen molar-refractivity contribution in [2.45, 2.75) is 18.9 Å². The van der Waals surface area contributed by atoms with Gasteiger partial charge in [-0.3, -0.25) is 9.59 Å². The highest BCUT2D eigenvalue weighted by atomic mass is 16.5. The number of likely N-dealkylation sites (N-methyl/N-ethyl adjacent to an activating group) is 1. The Hall–Kier alpha value is -3.06. The Kier molecular flexibility index (Phi) is 7.30. The van der Waals surface area contributed by atoms with Crippen LogP contribution in [0.15, 0.2) is 48.5 Å². The van der Waals surface area contributed by atoms with Crippen molar-refractivity contribution >= 4 is 17.5 Å². The lowest BCUT2D eigenvalue weighted by atomic mass is 10.1. The summed E-state index contributed by atoms with van der Waals surface area (Å²) in [6.07, 6.45) is 0.316. The molecule has 7 heteroatoms. The summed E-state index contributed by atoms with van der Waals surface area (Å²) in [5.41, 5.74) is 1.85. The van der Waals surface area contributed by atoms with E-state index in [9.17, 15) is 9.59 Å². The van der Waals surface area contributed by atoms with Gasteiger partial charge < -0.3 is 24.6 Å². The summed E-state index contributed by atoms with van der Waals surface area (Å²) in [6.45, 7) is 1.42. The largest absolute Gasteiger partial charge is 0.497 e. The molecule has 0 spiro atoms. The average molecular weight is 412 g/mol. The molecule has 0 radical (unpaired) electrons. The van der Waals surface area contributed by atoms with Crippen LogP contribution in [0.25, 0.3) is 0 Å². The maximum absolute atomic E-state index is 12.7. The lowest BCUT2D eigenvalue weighted by molar-refractivity contribution is -0.125. The molecular formula is C23H29N3O4. The van der Waals surface area contributed by atoms with Gasteiger partial charge >= 0.3 is 0 Å². The summed E-state index contributed by atoms with van der Waals surface area (Å²) in [4.78, 5) is 28.8. The number of rotatable bonds is 8. The maximum Gasteiger partial charge on any atom is 0.227 e. The van der Waals surface area contributed by atoms with Crippen molar-refractivity contribution < 1.29 is 19.1 Å². The predicted octanol–water partition coefficient (Wildman–Crippen LogP) is 2.62. The fourth-order valence-electron chi connectivity index (χ4n) is 3.51. The lowest BCUT2D eigenvalue weighted by Crippen LogP contribution is -2.39. The minimum atomic E-state index is -0.134. The molecule has 0 fully saturated rings. The first kappa shape index (κ1) is 21.6. The van der Waals surface area contributed by atoms with Crippen molar-refractivity contribution in [1.82, 2.24) is 10.2 Å². The van der Waals surface area contributed by atoms with Gasteiger partial charge in [0, 0.05) is 19.4 Å². The zero-order chi connectivity index (χ0) is 21.5. The summed E-state index contributed by atoms with van der Waals surface area (Å²) in [7, 11) is 5.58. The maximum atomic E-state index is 12.7. The van der Waals surface area contributed by atoms with Gasteiger partial charge in [0.2, 0.25) is 11.8 Å². The van der Waals surface area contributed by atoms with Crippen LogP contribution in [-0.2, 0) is 9.59 Å². The number of hydrogen-bond donors (Lipinski definition) is 1. The molecule has 0 aromatic heterocycles. The lowest BCUT2D eigenvalue weighted by Gasteiger charge is -2.29. The van der Waals surface area contributed by atoms with Crippen LogP contribution in [-0.4, -0.2) is 57.6 Å². The third-order valence-electron chi connectivity index (χ3n) is 5.21. The van der Waals surface area contributed by atoms with Crippen LogP contribution < -0.4 is 19.7 Å². The van der Waals surface area contributed by atoms with Gasteiger partial charge in [-0.05, 0) is 43.9 Å². The topological polar surface area (TPSA) is 71.1 Å². The number of nitrogens with zero attached hydrogens (tertiary/aromatic N) is 2. The summed E-state index contributed by atoms with van der Waals surface area (Å²) < 4.78 is 10.8. The van der Waals surface area contributed by atoms with E-state index < -0.39 is 0 Å². The number of carbonyl (C=O) groups excluding carboxylic acids is 2. The van der Waals surface area contributed by atoms with Gasteiger partial charge in [0.1, 0.15) is 18.1 Å². The van der Waals surface area contributed by atoms with Gasteiger partial charge in [-0.15, -0.1) is 0 Å². The first-order valence-corrected chi connectivity index (χ1v) is 10.1. The van der Waals surface area contributed by atoms with Crippen molar-refractivity contribution in [2.24, 2.45) is 0 Å². The van der Waals surface area contributed by atoms with Crippen LogP contribution in [0.5, 0.6) is 11.5 Å². The summed E-state index contributed by atoms with van der Waals surface area (Å²) in [5, 5.41) is 2.96. The molecule has 1 aliphatic heterocycles. The number of ether oxygens (including phenoxy) is 2. The van der Waals surface area contributed by atoms with Crippen LogP contribution in [0.3, 0.4) is 0 Å². The highest BCUT2D eigenvalue weighted by molar-refractivity contribution is 5.97. The van der Waals surface area contributed by atoms with E-state index in [4.69, 9.17) is 9.47 Å². The number of anilines is 1. The van der Waals surface area contributed by atoms with E-state index in [0.29, 0.717) is 25.4 Å². The Morgan fingerprint density at radius 2 is 1.87 bits per heavy atom. The zero-order valence-electron chi connectivity index (χ0n) is 17.8. The fourth-order valence-corrected chi connectivity index (χ4v) is 3.51. The second-order valence-electron chi connectivity index (χ2n) is 7.42. The Labute approximate surface area is 177 Å². The summed E-state index contributed by atoms with van der Waals surface area (Å²) >= 11 is 0. The van der Waals surface area contributed by atoms with E-state index in [1.165, 1.54) is 0 Å². The number of hydrogen-bond acceptors (Lipinski definition) is 5. The van der Waals surface area contributed by atoms with Crippen LogP contribution in [0.2, 0.25) is 0 Å². The first-order valence-electron chi connectivity index (χ1n) is 10.1. The molecule has 2 aromatic rings. The molecule has 0 saturated heterocycles. The summed E-state index contributed by atoms with van der Waals surface area (Å²) in [6, 6.07) is 15.3. The molecule has 1 aliphatic rings. The number of benzene rings is 2. The highest BCUT2D eigenvalue weighted by Crippen LogP contribution is 2.31.